The average molecular weight is 592 g/mol. The molecule has 0 radical (unpaired) electrons. The van der Waals surface area contributed by atoms with Crippen LogP contribution in [0.5, 0.6) is 0 Å². The van der Waals surface area contributed by atoms with Crippen LogP contribution in [-0.2, 0) is 30.4 Å². The summed E-state index contributed by atoms with van der Waals surface area (Å²) in [6.07, 6.45) is 4.13. The zero-order chi connectivity index (χ0) is 31.4. The van der Waals surface area contributed by atoms with E-state index in [4.69, 9.17) is 5.73 Å². The van der Waals surface area contributed by atoms with Crippen LogP contribution in [0.15, 0.2) is 60.7 Å². The van der Waals surface area contributed by atoms with Gasteiger partial charge in [0.25, 0.3) is 11.8 Å². The van der Waals surface area contributed by atoms with Crippen molar-refractivity contribution < 1.29 is 28.8 Å². The SMILES string of the molecule is CC(C)C(NC(=O)C(CC(N)=O)NC(=O)C(Cc1ccccc1)NC(=O)c1ccccc1)C(=O)C(=O)NC1CCCCC1. The first-order valence-corrected chi connectivity index (χ1v) is 14.7. The van der Waals surface area contributed by atoms with E-state index in [1.165, 1.54) is 0 Å². The molecule has 2 aromatic rings. The van der Waals surface area contributed by atoms with Gasteiger partial charge in [0, 0.05) is 18.0 Å². The summed E-state index contributed by atoms with van der Waals surface area (Å²) < 4.78 is 0. The Balaban J connectivity index is 1.75. The van der Waals surface area contributed by atoms with Gasteiger partial charge in [-0.2, -0.15) is 0 Å². The number of carbonyl (C=O) groups is 6. The molecule has 0 spiro atoms. The molecule has 2 aromatic carbocycles. The first-order valence-electron chi connectivity index (χ1n) is 14.7. The Morgan fingerprint density at radius 3 is 1.93 bits per heavy atom. The van der Waals surface area contributed by atoms with Gasteiger partial charge in [-0.25, -0.2) is 0 Å². The van der Waals surface area contributed by atoms with Crippen molar-refractivity contribution in [3.8, 4) is 0 Å². The van der Waals surface area contributed by atoms with E-state index in [9.17, 15) is 28.8 Å². The summed E-state index contributed by atoms with van der Waals surface area (Å²) in [5.41, 5.74) is 6.48. The predicted octanol–water partition coefficient (Wildman–Crippen LogP) is 1.55. The molecule has 1 saturated carbocycles. The van der Waals surface area contributed by atoms with Crippen molar-refractivity contribution in [2.45, 2.75) is 83.0 Å². The molecule has 1 aliphatic carbocycles. The number of primary amides is 1. The summed E-state index contributed by atoms with van der Waals surface area (Å²) >= 11 is 0. The lowest BCUT2D eigenvalue weighted by Gasteiger charge is -2.27. The van der Waals surface area contributed by atoms with Gasteiger partial charge in [0.05, 0.1) is 12.5 Å². The number of Topliss-reactive ketones (excluding diaryl/α,β-unsaturated/α-hetero) is 1. The van der Waals surface area contributed by atoms with E-state index in [0.717, 1.165) is 37.7 Å². The first kappa shape index (κ1) is 33.0. The number of hydrogen-bond acceptors (Lipinski definition) is 6. The second-order valence-electron chi connectivity index (χ2n) is 11.2. The number of amides is 5. The Hall–Kier alpha value is -4.54. The fourth-order valence-corrected chi connectivity index (χ4v) is 5.01. The third kappa shape index (κ3) is 10.4. The van der Waals surface area contributed by atoms with Gasteiger partial charge < -0.3 is 27.0 Å². The molecule has 230 valence electrons. The Kier molecular flexibility index (Phi) is 12.4. The Bertz CT molecular complexity index is 1280. The van der Waals surface area contributed by atoms with Crippen molar-refractivity contribution in [2.24, 2.45) is 11.7 Å². The fraction of sp³-hybridized carbons (Fsp3) is 0.438. The minimum absolute atomic E-state index is 0.0942. The van der Waals surface area contributed by atoms with Crippen LogP contribution < -0.4 is 27.0 Å². The van der Waals surface area contributed by atoms with Gasteiger partial charge in [-0.15, -0.1) is 0 Å². The molecule has 3 rings (SSSR count). The van der Waals surface area contributed by atoms with Gasteiger partial charge in [0.2, 0.25) is 23.5 Å². The van der Waals surface area contributed by atoms with Crippen molar-refractivity contribution in [2.75, 3.05) is 0 Å². The highest BCUT2D eigenvalue weighted by Gasteiger charge is 2.34. The van der Waals surface area contributed by atoms with Gasteiger partial charge in [-0.05, 0) is 36.5 Å². The molecule has 11 nitrogen and oxygen atoms in total. The smallest absolute Gasteiger partial charge is 0.289 e. The minimum atomic E-state index is -1.45. The highest BCUT2D eigenvalue weighted by atomic mass is 16.2. The predicted molar refractivity (Wildman–Crippen MR) is 160 cm³/mol. The molecule has 3 unspecified atom stereocenters. The van der Waals surface area contributed by atoms with Crippen LogP contribution in [-0.4, -0.2) is 59.5 Å². The number of carbonyl (C=O) groups excluding carboxylic acids is 6. The molecule has 0 bridgehead atoms. The van der Waals surface area contributed by atoms with E-state index in [-0.39, 0.29) is 12.5 Å². The maximum Gasteiger partial charge on any atom is 0.289 e. The Morgan fingerprint density at radius 1 is 0.767 bits per heavy atom. The van der Waals surface area contributed by atoms with Crippen LogP contribution in [0.4, 0.5) is 0 Å². The van der Waals surface area contributed by atoms with Gasteiger partial charge in [-0.1, -0.05) is 81.6 Å². The van der Waals surface area contributed by atoms with Crippen LogP contribution in [0, 0.1) is 5.92 Å². The third-order valence-electron chi connectivity index (χ3n) is 7.39. The van der Waals surface area contributed by atoms with E-state index >= 15 is 0 Å². The minimum Gasteiger partial charge on any atom is -0.370 e. The lowest BCUT2D eigenvalue weighted by molar-refractivity contribution is -0.142. The van der Waals surface area contributed by atoms with Gasteiger partial charge in [-0.3, -0.25) is 28.8 Å². The normalized spacial score (nSPS) is 15.4. The van der Waals surface area contributed by atoms with Gasteiger partial charge in [0.15, 0.2) is 0 Å². The molecule has 0 aliphatic heterocycles. The van der Waals surface area contributed by atoms with Crippen molar-refractivity contribution >= 4 is 35.3 Å². The second kappa shape index (κ2) is 16.2. The molecule has 1 aliphatic rings. The average Bonchev–Trinajstić information content (AvgIpc) is 2.99. The highest BCUT2D eigenvalue weighted by molar-refractivity contribution is 6.38. The lowest BCUT2D eigenvalue weighted by atomic mass is 9.94. The number of benzene rings is 2. The topological polar surface area (TPSA) is 177 Å². The summed E-state index contributed by atoms with van der Waals surface area (Å²) in [6, 6.07) is 13.5. The second-order valence-corrected chi connectivity index (χ2v) is 11.2. The fourth-order valence-electron chi connectivity index (χ4n) is 5.01. The summed E-state index contributed by atoms with van der Waals surface area (Å²) in [7, 11) is 0. The summed E-state index contributed by atoms with van der Waals surface area (Å²) in [5, 5.41) is 10.5. The van der Waals surface area contributed by atoms with E-state index < -0.39 is 65.8 Å². The highest BCUT2D eigenvalue weighted by Crippen LogP contribution is 2.17. The molecule has 43 heavy (non-hydrogen) atoms. The maximum atomic E-state index is 13.5. The number of ketones is 1. The molecule has 11 heteroatoms. The quantitative estimate of drug-likeness (QED) is 0.208. The monoisotopic (exact) mass is 591 g/mol. The molecule has 3 atom stereocenters. The number of nitrogens with two attached hydrogens (primary N) is 1. The first-order chi connectivity index (χ1) is 20.5. The van der Waals surface area contributed by atoms with E-state index in [2.05, 4.69) is 21.3 Å². The summed E-state index contributed by atoms with van der Waals surface area (Å²) in [6.45, 7) is 3.35. The molecular formula is C32H41N5O6. The Morgan fingerprint density at radius 2 is 1.35 bits per heavy atom. The standard InChI is InChI=1S/C32H41N5O6/c1-20(2)27(28(39)32(43)34-23-16-10-5-11-17-23)37-31(42)25(19-26(33)38)36-30(41)24(18-21-12-6-3-7-13-21)35-29(40)22-14-8-4-9-15-22/h3-4,6-9,12-15,20,23-25,27H,5,10-11,16-19H2,1-2H3,(H2,33,38)(H,34,43)(H,35,40)(H,36,41)(H,37,42). The van der Waals surface area contributed by atoms with Gasteiger partial charge in [0.1, 0.15) is 12.1 Å². The molecule has 0 aromatic heterocycles. The maximum absolute atomic E-state index is 13.5. The number of nitrogens with one attached hydrogen (secondary N) is 4. The molecule has 1 fully saturated rings. The molecule has 0 saturated heterocycles. The lowest BCUT2D eigenvalue weighted by Crippen LogP contribution is -2.59. The molecule has 5 amide bonds. The van der Waals surface area contributed by atoms with Crippen molar-refractivity contribution in [3.05, 3.63) is 71.8 Å². The van der Waals surface area contributed by atoms with E-state index in [0.29, 0.717) is 5.56 Å². The van der Waals surface area contributed by atoms with Crippen molar-refractivity contribution in [3.63, 3.8) is 0 Å². The number of hydrogen-bond donors (Lipinski definition) is 5. The van der Waals surface area contributed by atoms with E-state index in [1.54, 1.807) is 68.4 Å². The van der Waals surface area contributed by atoms with Crippen LogP contribution in [0.1, 0.15) is 68.3 Å². The van der Waals surface area contributed by atoms with Crippen LogP contribution in [0.3, 0.4) is 0 Å². The largest absolute Gasteiger partial charge is 0.370 e. The molecule has 6 N–H and O–H groups in total. The number of rotatable bonds is 14. The van der Waals surface area contributed by atoms with Crippen LogP contribution >= 0.6 is 0 Å². The zero-order valence-corrected chi connectivity index (χ0v) is 24.6. The van der Waals surface area contributed by atoms with Crippen LogP contribution in [0.2, 0.25) is 0 Å². The van der Waals surface area contributed by atoms with E-state index in [1.807, 2.05) is 6.07 Å². The summed E-state index contributed by atoms with van der Waals surface area (Å²) in [5.74, 6) is -5.00. The zero-order valence-electron chi connectivity index (χ0n) is 24.6. The van der Waals surface area contributed by atoms with Gasteiger partial charge >= 0.3 is 0 Å². The van der Waals surface area contributed by atoms with Crippen molar-refractivity contribution in [1.82, 2.24) is 21.3 Å². The molecule has 0 heterocycles. The molecular weight excluding hydrogens is 550 g/mol. The Labute approximate surface area is 251 Å². The third-order valence-corrected chi connectivity index (χ3v) is 7.39. The summed E-state index contributed by atoms with van der Waals surface area (Å²) in [4.78, 5) is 77.5. The van der Waals surface area contributed by atoms with Crippen molar-refractivity contribution in [1.29, 1.82) is 0 Å². The van der Waals surface area contributed by atoms with Crippen LogP contribution in [0.25, 0.3) is 0 Å².